The van der Waals surface area contributed by atoms with Crippen molar-refractivity contribution >= 4 is 27.3 Å². The van der Waals surface area contributed by atoms with E-state index >= 15 is 0 Å². The third-order valence-electron chi connectivity index (χ3n) is 4.11. The molecule has 0 bridgehead atoms. The molecule has 0 N–H and O–H groups in total. The summed E-state index contributed by atoms with van der Waals surface area (Å²) in [4.78, 5) is 19.4. The van der Waals surface area contributed by atoms with Gasteiger partial charge >= 0.3 is 0 Å². The van der Waals surface area contributed by atoms with E-state index in [9.17, 15) is 17.6 Å². The van der Waals surface area contributed by atoms with Crippen LogP contribution in [0.4, 0.5) is 4.39 Å². The molecule has 0 unspecified atom stereocenters. The Kier molecular flexibility index (Phi) is 4.90. The van der Waals surface area contributed by atoms with E-state index in [2.05, 4.69) is 4.98 Å². The summed E-state index contributed by atoms with van der Waals surface area (Å²) in [7, 11) is -3.56. The van der Waals surface area contributed by atoms with Gasteiger partial charge in [-0.25, -0.2) is 13.4 Å². The molecule has 134 valence electrons. The molecule has 0 aromatic carbocycles. The molecular weight excluding hydrogens is 365 g/mol. The monoisotopic (exact) mass is 383 g/mol. The predicted octanol–water partition coefficient (Wildman–Crippen LogP) is 2.05. The Labute approximate surface area is 150 Å². The summed E-state index contributed by atoms with van der Waals surface area (Å²) in [5.41, 5.74) is 0.216. The van der Waals surface area contributed by atoms with Crippen molar-refractivity contribution in [1.82, 2.24) is 14.2 Å². The maximum absolute atomic E-state index is 13.2. The van der Waals surface area contributed by atoms with E-state index in [0.29, 0.717) is 4.90 Å². The first-order valence-corrected chi connectivity index (χ1v) is 10.0. The maximum Gasteiger partial charge on any atom is 0.254 e. The van der Waals surface area contributed by atoms with Gasteiger partial charge in [-0.15, -0.1) is 11.3 Å². The number of aromatic nitrogens is 1. The van der Waals surface area contributed by atoms with Crippen molar-refractivity contribution < 1.29 is 17.6 Å². The lowest BCUT2D eigenvalue weighted by atomic mass is 10.2. The van der Waals surface area contributed by atoms with Crippen LogP contribution < -0.4 is 0 Å². The molecule has 6 nitrogen and oxygen atoms in total. The fourth-order valence-corrected chi connectivity index (χ4v) is 5.80. The molecule has 0 atom stereocenters. The molecule has 1 aliphatic rings. The first-order chi connectivity index (χ1) is 11.8. The average Bonchev–Trinajstić information content (AvgIpc) is 2.93. The minimum atomic E-state index is -3.56. The predicted molar refractivity (Wildman–Crippen MR) is 92.7 cm³/mol. The zero-order chi connectivity index (χ0) is 18.2. The summed E-state index contributed by atoms with van der Waals surface area (Å²) >= 11 is 1.45. The zero-order valence-corrected chi connectivity index (χ0v) is 15.5. The molecule has 0 spiro atoms. The molecule has 3 heterocycles. The van der Waals surface area contributed by atoms with Gasteiger partial charge in [0, 0.05) is 53.8 Å². The van der Waals surface area contributed by atoms with Crippen LogP contribution in [0.25, 0.3) is 0 Å². The topological polar surface area (TPSA) is 70.6 Å². The molecular formula is C16H18FN3O3S2. The van der Waals surface area contributed by atoms with Crippen molar-refractivity contribution in [2.45, 2.75) is 18.7 Å². The summed E-state index contributed by atoms with van der Waals surface area (Å²) in [6.45, 7) is 4.64. The molecule has 1 saturated heterocycles. The van der Waals surface area contributed by atoms with E-state index < -0.39 is 16.0 Å². The minimum absolute atomic E-state index is 0.216. The molecule has 2 aromatic heterocycles. The van der Waals surface area contributed by atoms with E-state index in [1.165, 1.54) is 32.8 Å². The SMILES string of the molecule is Cc1cc(S(=O)(=O)N2CCN(C(=O)c3ccnc(F)c3)CC2)c(C)s1. The minimum Gasteiger partial charge on any atom is -0.336 e. The molecule has 2 aromatic rings. The second-order valence-corrected chi connectivity index (χ2v) is 9.21. The Morgan fingerprint density at radius 1 is 1.20 bits per heavy atom. The van der Waals surface area contributed by atoms with E-state index in [0.717, 1.165) is 15.8 Å². The van der Waals surface area contributed by atoms with Gasteiger partial charge in [-0.3, -0.25) is 4.79 Å². The Morgan fingerprint density at radius 2 is 1.88 bits per heavy atom. The van der Waals surface area contributed by atoms with Crippen molar-refractivity contribution in [3.05, 3.63) is 45.7 Å². The Hall–Kier alpha value is -1.84. The Balaban J connectivity index is 1.71. The first kappa shape index (κ1) is 18.0. The molecule has 0 aliphatic carbocycles. The van der Waals surface area contributed by atoms with Gasteiger partial charge in [-0.2, -0.15) is 8.70 Å². The van der Waals surface area contributed by atoms with Crippen LogP contribution in [-0.4, -0.2) is 54.7 Å². The maximum atomic E-state index is 13.2. The Bertz CT molecular complexity index is 903. The Morgan fingerprint density at radius 3 is 2.44 bits per heavy atom. The van der Waals surface area contributed by atoms with Crippen molar-refractivity contribution in [3.63, 3.8) is 0 Å². The van der Waals surface area contributed by atoms with Crippen LogP contribution in [-0.2, 0) is 10.0 Å². The van der Waals surface area contributed by atoms with Crippen molar-refractivity contribution in [2.75, 3.05) is 26.2 Å². The number of hydrogen-bond acceptors (Lipinski definition) is 5. The highest BCUT2D eigenvalue weighted by Gasteiger charge is 2.32. The molecule has 25 heavy (non-hydrogen) atoms. The standard InChI is InChI=1S/C16H18FN3O3S2/c1-11-9-14(12(2)24-11)25(22,23)20-7-5-19(6-8-20)16(21)13-3-4-18-15(17)10-13/h3-4,9-10H,5-8H2,1-2H3. The van der Waals surface area contributed by atoms with E-state index in [-0.39, 0.29) is 37.6 Å². The van der Waals surface area contributed by atoms with Crippen molar-refractivity contribution in [3.8, 4) is 0 Å². The summed E-state index contributed by atoms with van der Waals surface area (Å²) < 4.78 is 40.1. The van der Waals surface area contributed by atoms with Crippen molar-refractivity contribution in [2.24, 2.45) is 0 Å². The van der Waals surface area contributed by atoms with Gasteiger partial charge in [0.15, 0.2) is 0 Å². The van der Waals surface area contributed by atoms with Gasteiger partial charge in [-0.05, 0) is 26.0 Å². The second-order valence-electron chi connectivity index (χ2n) is 5.84. The number of amides is 1. The lowest BCUT2D eigenvalue weighted by Gasteiger charge is -2.34. The highest BCUT2D eigenvalue weighted by atomic mass is 32.2. The summed E-state index contributed by atoms with van der Waals surface area (Å²) in [5, 5.41) is 0. The lowest BCUT2D eigenvalue weighted by Crippen LogP contribution is -2.50. The van der Waals surface area contributed by atoms with Crippen LogP contribution in [0.2, 0.25) is 0 Å². The summed E-state index contributed by atoms with van der Waals surface area (Å²) in [6, 6.07) is 4.22. The van der Waals surface area contributed by atoms with Gasteiger partial charge < -0.3 is 4.90 Å². The number of carbonyl (C=O) groups is 1. The highest BCUT2D eigenvalue weighted by Crippen LogP contribution is 2.28. The molecule has 3 rings (SSSR count). The van der Waals surface area contributed by atoms with Gasteiger partial charge in [0.25, 0.3) is 5.91 Å². The lowest BCUT2D eigenvalue weighted by molar-refractivity contribution is 0.0697. The number of thiophene rings is 1. The molecule has 9 heteroatoms. The smallest absolute Gasteiger partial charge is 0.254 e. The number of halogens is 1. The number of nitrogens with zero attached hydrogens (tertiary/aromatic N) is 3. The van der Waals surface area contributed by atoms with Crippen LogP contribution in [0.5, 0.6) is 0 Å². The highest BCUT2D eigenvalue weighted by molar-refractivity contribution is 7.89. The second kappa shape index (κ2) is 6.81. The fourth-order valence-electron chi connectivity index (χ4n) is 2.85. The fraction of sp³-hybridized carbons (Fsp3) is 0.375. The summed E-state index contributed by atoms with van der Waals surface area (Å²) in [6.07, 6.45) is 1.24. The van der Waals surface area contributed by atoms with Crippen LogP contribution in [0.1, 0.15) is 20.1 Å². The largest absolute Gasteiger partial charge is 0.336 e. The first-order valence-electron chi connectivity index (χ1n) is 7.77. The molecule has 1 aliphatic heterocycles. The third-order valence-corrected chi connectivity index (χ3v) is 7.23. The zero-order valence-electron chi connectivity index (χ0n) is 13.9. The van der Waals surface area contributed by atoms with Gasteiger partial charge in [0.2, 0.25) is 16.0 Å². The number of pyridine rings is 1. The van der Waals surface area contributed by atoms with Gasteiger partial charge in [-0.1, -0.05) is 0 Å². The van der Waals surface area contributed by atoms with E-state index in [4.69, 9.17) is 0 Å². The van der Waals surface area contributed by atoms with Gasteiger partial charge in [0.1, 0.15) is 0 Å². The quantitative estimate of drug-likeness (QED) is 0.761. The van der Waals surface area contributed by atoms with Crippen molar-refractivity contribution in [1.29, 1.82) is 0 Å². The number of sulfonamides is 1. The van der Waals surface area contributed by atoms with Gasteiger partial charge in [0.05, 0.1) is 4.90 Å². The average molecular weight is 383 g/mol. The number of hydrogen-bond donors (Lipinski definition) is 0. The van der Waals surface area contributed by atoms with E-state index in [1.54, 1.807) is 13.0 Å². The normalized spacial score (nSPS) is 16.2. The number of carbonyl (C=O) groups excluding carboxylic acids is 1. The number of piperazine rings is 1. The molecule has 0 radical (unpaired) electrons. The molecule has 1 amide bonds. The van der Waals surface area contributed by atoms with Crippen LogP contribution >= 0.6 is 11.3 Å². The summed E-state index contributed by atoms with van der Waals surface area (Å²) in [5.74, 6) is -1.03. The third kappa shape index (κ3) is 3.58. The number of rotatable bonds is 3. The molecule has 0 saturated carbocycles. The van der Waals surface area contributed by atoms with Crippen LogP contribution in [0, 0.1) is 19.8 Å². The van der Waals surface area contributed by atoms with Crippen LogP contribution in [0.3, 0.4) is 0 Å². The van der Waals surface area contributed by atoms with E-state index in [1.807, 2.05) is 6.92 Å². The molecule has 1 fully saturated rings. The van der Waals surface area contributed by atoms with Crippen LogP contribution in [0.15, 0.2) is 29.3 Å². The number of aryl methyl sites for hydroxylation is 2.